The minimum Gasteiger partial charge on any atom is -0.289 e. The molecule has 96 valence electrons. The summed E-state index contributed by atoms with van der Waals surface area (Å²) in [5, 5.41) is 0.550. The van der Waals surface area contributed by atoms with Gasteiger partial charge in [0.25, 0.3) is 5.82 Å². The number of hydrogen-bond acceptors (Lipinski definition) is 2. The number of pyridine rings is 1. The number of nitrogen functional groups attached to an aromatic ring is 1. The predicted octanol–water partition coefficient (Wildman–Crippen LogP) is 3.33. The molecule has 0 amide bonds. The normalized spacial score (nSPS) is 10.8. The monoisotopic (exact) mass is 337 g/mol. The van der Waals surface area contributed by atoms with E-state index in [0.717, 1.165) is 4.47 Å². The van der Waals surface area contributed by atoms with E-state index in [9.17, 15) is 4.79 Å². The Kier molecular flexibility index (Phi) is 4.35. The number of nitrogens with zero attached hydrogens (tertiary/aromatic N) is 1. The zero-order valence-electron chi connectivity index (χ0n) is 9.88. The number of allylic oxidation sites excluding steroid dienone is 1. The number of carbonyl (C=O) groups excluding carboxylic acids is 1. The lowest BCUT2D eigenvalue weighted by atomic mass is 10.1. The van der Waals surface area contributed by atoms with Gasteiger partial charge in [-0.25, -0.2) is 4.57 Å². The number of nitrogens with two attached hydrogens (primary N) is 1. The van der Waals surface area contributed by atoms with E-state index in [1.54, 1.807) is 41.2 Å². The van der Waals surface area contributed by atoms with E-state index in [0.29, 0.717) is 16.4 Å². The molecule has 0 atom stereocenters. The fourth-order valence-corrected chi connectivity index (χ4v) is 2.08. The lowest BCUT2D eigenvalue weighted by Gasteiger charge is -1.98. The second-order valence-corrected chi connectivity index (χ2v) is 5.22. The number of carbonyl (C=O) groups is 1. The molecule has 0 aliphatic rings. The number of aromatic nitrogens is 1. The molecule has 0 fully saturated rings. The topological polar surface area (TPSA) is 47.0 Å². The second kappa shape index (κ2) is 5.99. The number of anilines is 1. The van der Waals surface area contributed by atoms with E-state index in [4.69, 9.17) is 17.3 Å². The highest BCUT2D eigenvalue weighted by Gasteiger charge is 2.05. The fraction of sp³-hybridized carbons (Fsp3) is 0. The molecule has 0 aliphatic carbocycles. The van der Waals surface area contributed by atoms with E-state index in [1.807, 2.05) is 12.1 Å². The molecule has 2 N–H and O–H groups in total. The molecule has 0 bridgehead atoms. The van der Waals surface area contributed by atoms with Crippen LogP contribution in [0.25, 0.3) is 6.20 Å². The van der Waals surface area contributed by atoms with Crippen LogP contribution >= 0.6 is 27.5 Å². The summed E-state index contributed by atoms with van der Waals surface area (Å²) < 4.78 is 2.46. The van der Waals surface area contributed by atoms with E-state index in [1.165, 1.54) is 6.08 Å². The van der Waals surface area contributed by atoms with Crippen LogP contribution in [0.3, 0.4) is 0 Å². The summed E-state index contributed by atoms with van der Waals surface area (Å²) in [5.41, 5.74) is 6.38. The van der Waals surface area contributed by atoms with Crippen molar-refractivity contribution in [3.8, 4) is 0 Å². The van der Waals surface area contributed by atoms with Crippen molar-refractivity contribution < 1.29 is 9.36 Å². The highest BCUT2D eigenvalue weighted by molar-refractivity contribution is 9.10. The third kappa shape index (κ3) is 3.66. The first-order valence-corrected chi connectivity index (χ1v) is 6.67. The van der Waals surface area contributed by atoms with Crippen LogP contribution in [0, 0.1) is 0 Å². The van der Waals surface area contributed by atoms with Gasteiger partial charge in [-0.05, 0) is 18.2 Å². The van der Waals surface area contributed by atoms with Crippen molar-refractivity contribution in [3.05, 3.63) is 63.7 Å². The third-order valence-corrected chi connectivity index (χ3v) is 3.19. The Morgan fingerprint density at radius 3 is 2.84 bits per heavy atom. The van der Waals surface area contributed by atoms with Gasteiger partial charge in [0.05, 0.1) is 11.2 Å². The molecule has 0 radical (unpaired) electrons. The Labute approximate surface area is 124 Å². The molecular formula is C14H11BrClN2O+. The van der Waals surface area contributed by atoms with Gasteiger partial charge in [-0.3, -0.25) is 10.5 Å². The Balaban J connectivity index is 2.23. The van der Waals surface area contributed by atoms with Crippen LogP contribution in [0.5, 0.6) is 0 Å². The second-order valence-electron chi connectivity index (χ2n) is 3.87. The van der Waals surface area contributed by atoms with E-state index >= 15 is 0 Å². The summed E-state index contributed by atoms with van der Waals surface area (Å²) in [7, 11) is 0. The summed E-state index contributed by atoms with van der Waals surface area (Å²) in [6, 6.07) is 10.6. The molecule has 0 spiro atoms. The van der Waals surface area contributed by atoms with Crippen molar-refractivity contribution >= 4 is 45.3 Å². The Morgan fingerprint density at radius 2 is 2.11 bits per heavy atom. The van der Waals surface area contributed by atoms with E-state index in [-0.39, 0.29) is 5.78 Å². The fourth-order valence-electron chi connectivity index (χ4n) is 1.52. The van der Waals surface area contributed by atoms with Crippen LogP contribution < -0.4 is 10.3 Å². The first-order chi connectivity index (χ1) is 9.06. The molecular weight excluding hydrogens is 328 g/mol. The Bertz CT molecular complexity index is 656. The number of benzene rings is 1. The average Bonchev–Trinajstić information content (AvgIpc) is 2.39. The van der Waals surface area contributed by atoms with Gasteiger partial charge < -0.3 is 0 Å². The Morgan fingerprint density at radius 1 is 1.32 bits per heavy atom. The molecule has 0 aliphatic heterocycles. The number of halogens is 2. The number of ketones is 1. The van der Waals surface area contributed by atoms with Gasteiger partial charge >= 0.3 is 0 Å². The standard InChI is InChI=1S/C14H10BrClN2O/c15-11-3-1-2-10(8-11)13(19)6-7-18-9-12(16)4-5-14(18)17/h1-9,17H/p+1/b7-6+. The molecule has 1 heterocycles. The van der Waals surface area contributed by atoms with Crippen molar-refractivity contribution in [3.63, 3.8) is 0 Å². The first kappa shape index (κ1) is 13.8. The van der Waals surface area contributed by atoms with Crippen LogP contribution in [0.15, 0.2) is 53.1 Å². The molecule has 2 rings (SSSR count). The molecule has 0 saturated heterocycles. The van der Waals surface area contributed by atoms with Crippen molar-refractivity contribution in [2.45, 2.75) is 0 Å². The smallest absolute Gasteiger partial charge is 0.277 e. The van der Waals surface area contributed by atoms with Crippen LogP contribution in [0.2, 0.25) is 5.02 Å². The molecule has 3 nitrogen and oxygen atoms in total. The van der Waals surface area contributed by atoms with Gasteiger partial charge in [-0.2, -0.15) is 0 Å². The summed E-state index contributed by atoms with van der Waals surface area (Å²) >= 11 is 9.20. The van der Waals surface area contributed by atoms with Crippen molar-refractivity contribution in [1.29, 1.82) is 0 Å². The highest BCUT2D eigenvalue weighted by Crippen LogP contribution is 2.12. The van der Waals surface area contributed by atoms with Gasteiger partial charge in [0.15, 0.2) is 5.78 Å². The SMILES string of the molecule is Nc1ccc(Cl)c[n+]1/C=C/C(=O)c1cccc(Br)c1. The van der Waals surface area contributed by atoms with Crippen LogP contribution in [0.4, 0.5) is 5.82 Å². The van der Waals surface area contributed by atoms with Crippen LogP contribution in [-0.4, -0.2) is 5.78 Å². The quantitative estimate of drug-likeness (QED) is 0.530. The molecule has 0 unspecified atom stereocenters. The number of hydrogen-bond donors (Lipinski definition) is 1. The lowest BCUT2D eigenvalue weighted by Crippen LogP contribution is -2.30. The summed E-state index contributed by atoms with van der Waals surface area (Å²) in [4.78, 5) is 12.0. The van der Waals surface area contributed by atoms with Crippen molar-refractivity contribution in [2.24, 2.45) is 0 Å². The summed E-state index contributed by atoms with van der Waals surface area (Å²) in [5.74, 6) is 0.399. The van der Waals surface area contributed by atoms with Crippen LogP contribution in [-0.2, 0) is 0 Å². The molecule has 19 heavy (non-hydrogen) atoms. The molecule has 1 aromatic heterocycles. The summed E-state index contributed by atoms with van der Waals surface area (Å²) in [6.07, 6.45) is 4.68. The third-order valence-electron chi connectivity index (χ3n) is 2.47. The van der Waals surface area contributed by atoms with Crippen molar-refractivity contribution in [2.75, 3.05) is 5.73 Å². The minimum absolute atomic E-state index is 0.104. The zero-order chi connectivity index (χ0) is 13.8. The van der Waals surface area contributed by atoms with Crippen LogP contribution in [0.1, 0.15) is 10.4 Å². The molecule has 5 heteroatoms. The van der Waals surface area contributed by atoms with Gasteiger partial charge in [0, 0.05) is 22.2 Å². The summed E-state index contributed by atoms with van der Waals surface area (Å²) in [6.45, 7) is 0. The predicted molar refractivity (Wildman–Crippen MR) is 79.9 cm³/mol. The number of rotatable bonds is 3. The van der Waals surface area contributed by atoms with Gasteiger partial charge in [0.1, 0.15) is 6.20 Å². The molecule has 1 aromatic carbocycles. The maximum Gasteiger partial charge on any atom is 0.277 e. The molecule has 0 saturated carbocycles. The minimum atomic E-state index is -0.104. The van der Waals surface area contributed by atoms with E-state index in [2.05, 4.69) is 15.9 Å². The highest BCUT2D eigenvalue weighted by atomic mass is 79.9. The largest absolute Gasteiger partial charge is 0.289 e. The zero-order valence-corrected chi connectivity index (χ0v) is 12.2. The van der Waals surface area contributed by atoms with Crippen molar-refractivity contribution in [1.82, 2.24) is 0 Å². The van der Waals surface area contributed by atoms with Gasteiger partial charge in [-0.15, -0.1) is 0 Å². The van der Waals surface area contributed by atoms with Gasteiger partial charge in [-0.1, -0.05) is 39.7 Å². The maximum absolute atomic E-state index is 12.0. The molecule has 2 aromatic rings. The maximum atomic E-state index is 12.0. The first-order valence-electron chi connectivity index (χ1n) is 5.50. The Hall–Kier alpha value is -1.65. The average molecular weight is 339 g/mol. The van der Waals surface area contributed by atoms with E-state index < -0.39 is 0 Å². The lowest BCUT2D eigenvalue weighted by molar-refractivity contribution is -0.552. The van der Waals surface area contributed by atoms with Gasteiger partial charge in [0.2, 0.25) is 0 Å².